The zero-order valence-electron chi connectivity index (χ0n) is 11.3. The summed E-state index contributed by atoms with van der Waals surface area (Å²) < 4.78 is 10.5. The molecule has 0 saturated carbocycles. The highest BCUT2D eigenvalue weighted by Gasteiger charge is 2.44. The minimum absolute atomic E-state index is 0.184. The van der Waals surface area contributed by atoms with Crippen molar-refractivity contribution in [2.75, 3.05) is 0 Å². The molecule has 0 aliphatic carbocycles. The lowest BCUT2D eigenvalue weighted by atomic mass is 9.96. The number of ketones is 1. The highest BCUT2D eigenvalue weighted by Crippen LogP contribution is 2.29. The first kappa shape index (κ1) is 13.8. The quantitative estimate of drug-likeness (QED) is 0.612. The van der Waals surface area contributed by atoms with Crippen LogP contribution in [0.2, 0.25) is 0 Å². The number of hydrogen-bond donors (Lipinski definition) is 1. The molecular formula is C14H19NO4. The maximum atomic E-state index is 12.0. The number of nitrogens with one attached hydrogen (secondary N) is 1. The predicted octanol–water partition coefficient (Wildman–Crippen LogP) is 2.43. The molecule has 2 atom stereocenters. The third kappa shape index (κ3) is 3.04. The fourth-order valence-electron chi connectivity index (χ4n) is 2.07. The van der Waals surface area contributed by atoms with Gasteiger partial charge in [0.05, 0.1) is 5.70 Å². The van der Waals surface area contributed by atoms with E-state index in [1.807, 2.05) is 6.08 Å². The maximum absolute atomic E-state index is 12.0. The van der Waals surface area contributed by atoms with Gasteiger partial charge in [0.2, 0.25) is 6.29 Å². The highest BCUT2D eigenvalue weighted by molar-refractivity contribution is 6.00. The van der Waals surface area contributed by atoms with Crippen molar-refractivity contribution in [1.29, 1.82) is 0 Å². The van der Waals surface area contributed by atoms with Crippen molar-refractivity contribution in [2.45, 2.75) is 51.4 Å². The van der Waals surface area contributed by atoms with Crippen molar-refractivity contribution >= 4 is 11.9 Å². The summed E-state index contributed by atoms with van der Waals surface area (Å²) in [6.07, 6.45) is 8.06. The van der Waals surface area contributed by atoms with Crippen LogP contribution in [0.15, 0.2) is 23.9 Å². The van der Waals surface area contributed by atoms with Crippen LogP contribution in [0.3, 0.4) is 0 Å². The van der Waals surface area contributed by atoms with Crippen molar-refractivity contribution in [3.05, 3.63) is 23.9 Å². The fourth-order valence-corrected chi connectivity index (χ4v) is 2.07. The molecule has 0 aromatic rings. The summed E-state index contributed by atoms with van der Waals surface area (Å²) in [5, 5.41) is 2.44. The van der Waals surface area contributed by atoms with Crippen molar-refractivity contribution in [2.24, 2.45) is 0 Å². The van der Waals surface area contributed by atoms with E-state index in [2.05, 4.69) is 12.2 Å². The van der Waals surface area contributed by atoms with Gasteiger partial charge in [-0.1, -0.05) is 25.8 Å². The summed E-state index contributed by atoms with van der Waals surface area (Å²) in [6.45, 7) is 3.83. The van der Waals surface area contributed by atoms with Gasteiger partial charge in [-0.25, -0.2) is 4.79 Å². The molecule has 5 heteroatoms. The van der Waals surface area contributed by atoms with Gasteiger partial charge in [0.1, 0.15) is 0 Å². The molecule has 2 rings (SSSR count). The number of carbonyl (C=O) groups is 2. The van der Waals surface area contributed by atoms with E-state index in [1.165, 1.54) is 12.5 Å². The van der Waals surface area contributed by atoms with Crippen LogP contribution in [0.25, 0.3) is 0 Å². The van der Waals surface area contributed by atoms with E-state index in [1.54, 1.807) is 13.0 Å². The number of ether oxygens (including phenoxy) is 2. The van der Waals surface area contributed by atoms with Gasteiger partial charge >= 0.3 is 6.09 Å². The van der Waals surface area contributed by atoms with Gasteiger partial charge in [-0.2, -0.15) is 0 Å². The number of alkyl carbamates (subject to hydrolysis) is 1. The highest BCUT2D eigenvalue weighted by atomic mass is 16.7. The first-order valence-corrected chi connectivity index (χ1v) is 6.64. The second-order valence-corrected chi connectivity index (χ2v) is 4.95. The first-order chi connectivity index (χ1) is 9.05. The second-order valence-electron chi connectivity index (χ2n) is 4.95. The van der Waals surface area contributed by atoms with Crippen molar-refractivity contribution in [3.8, 4) is 0 Å². The van der Waals surface area contributed by atoms with Crippen LogP contribution in [0.1, 0.15) is 39.5 Å². The topological polar surface area (TPSA) is 64.6 Å². The largest absolute Gasteiger partial charge is 0.414 e. The van der Waals surface area contributed by atoms with Crippen LogP contribution in [0, 0.1) is 0 Å². The molecule has 0 aromatic carbocycles. The van der Waals surface area contributed by atoms with Gasteiger partial charge < -0.3 is 9.47 Å². The van der Waals surface area contributed by atoms with Gasteiger partial charge in [-0.15, -0.1) is 0 Å². The van der Waals surface area contributed by atoms with Crippen molar-refractivity contribution < 1.29 is 19.1 Å². The van der Waals surface area contributed by atoms with Gasteiger partial charge in [0.25, 0.3) is 0 Å². The molecule has 2 heterocycles. The fraction of sp³-hybridized carbons (Fsp3) is 0.571. The van der Waals surface area contributed by atoms with E-state index >= 15 is 0 Å². The van der Waals surface area contributed by atoms with Gasteiger partial charge in [-0.3, -0.25) is 10.1 Å². The third-order valence-corrected chi connectivity index (χ3v) is 3.25. The monoisotopic (exact) mass is 265 g/mol. The number of fused-ring (bicyclic) bond motifs is 1. The van der Waals surface area contributed by atoms with E-state index in [9.17, 15) is 9.59 Å². The van der Waals surface area contributed by atoms with Gasteiger partial charge in [-0.05, 0) is 25.8 Å². The number of amides is 1. The molecule has 1 saturated heterocycles. The lowest BCUT2D eigenvalue weighted by Crippen LogP contribution is -2.43. The van der Waals surface area contributed by atoms with E-state index in [0.717, 1.165) is 19.3 Å². The zero-order valence-corrected chi connectivity index (χ0v) is 11.3. The van der Waals surface area contributed by atoms with Crippen molar-refractivity contribution in [1.82, 2.24) is 5.32 Å². The molecule has 0 radical (unpaired) electrons. The van der Waals surface area contributed by atoms with Crippen LogP contribution >= 0.6 is 0 Å². The summed E-state index contributed by atoms with van der Waals surface area (Å²) >= 11 is 0. The Balaban J connectivity index is 2.00. The van der Waals surface area contributed by atoms with Crippen LogP contribution < -0.4 is 5.32 Å². The van der Waals surface area contributed by atoms with E-state index in [-0.39, 0.29) is 5.78 Å². The Hall–Kier alpha value is -1.62. The minimum atomic E-state index is -1.05. The van der Waals surface area contributed by atoms with E-state index in [0.29, 0.717) is 5.70 Å². The summed E-state index contributed by atoms with van der Waals surface area (Å²) in [5.41, 5.74) is -0.668. The number of rotatable bonds is 5. The maximum Gasteiger partial charge on any atom is 0.414 e. The molecule has 0 bridgehead atoms. The van der Waals surface area contributed by atoms with Crippen LogP contribution in [-0.4, -0.2) is 23.8 Å². The lowest BCUT2D eigenvalue weighted by Gasteiger charge is -2.30. The van der Waals surface area contributed by atoms with Gasteiger partial charge in [0, 0.05) is 6.08 Å². The molecule has 1 fully saturated rings. The van der Waals surface area contributed by atoms with Crippen LogP contribution in [-0.2, 0) is 14.3 Å². The first-order valence-electron chi connectivity index (χ1n) is 6.64. The van der Waals surface area contributed by atoms with Crippen molar-refractivity contribution in [3.63, 3.8) is 0 Å². The molecular weight excluding hydrogens is 246 g/mol. The lowest BCUT2D eigenvalue weighted by molar-refractivity contribution is -0.160. The predicted molar refractivity (Wildman–Crippen MR) is 69.3 cm³/mol. The second kappa shape index (κ2) is 5.57. The Labute approximate surface area is 112 Å². The smallest absolute Gasteiger partial charge is 0.413 e. The average Bonchev–Trinajstić information content (AvgIpc) is 2.69. The Morgan fingerprint density at radius 3 is 2.95 bits per heavy atom. The molecule has 5 nitrogen and oxygen atoms in total. The summed E-state index contributed by atoms with van der Waals surface area (Å²) in [6, 6.07) is 0. The van der Waals surface area contributed by atoms with E-state index < -0.39 is 18.0 Å². The summed E-state index contributed by atoms with van der Waals surface area (Å²) in [7, 11) is 0. The average molecular weight is 265 g/mol. The molecule has 2 aliphatic heterocycles. The van der Waals surface area contributed by atoms with Gasteiger partial charge in [0.15, 0.2) is 11.4 Å². The van der Waals surface area contributed by atoms with E-state index in [4.69, 9.17) is 9.47 Å². The molecule has 1 N–H and O–H groups in total. The Morgan fingerprint density at radius 1 is 1.42 bits per heavy atom. The molecule has 1 amide bonds. The minimum Gasteiger partial charge on any atom is -0.413 e. The van der Waals surface area contributed by atoms with Crippen LogP contribution in [0.5, 0.6) is 0 Å². The Kier molecular flexibility index (Phi) is 4.04. The molecule has 2 aliphatic rings. The normalized spacial score (nSPS) is 30.0. The number of unbranched alkanes of at least 4 members (excludes halogenated alkanes) is 3. The summed E-state index contributed by atoms with van der Waals surface area (Å²) in [4.78, 5) is 23.1. The standard InChI is InChI=1S/C14H19NO4/c1-3-4-5-6-7-8-14(2)11(16)9-10-12(19-14)18-13(17)15-10/h7-9,12H,3-6H2,1-2H3,(H,15,17). The molecule has 0 spiro atoms. The number of carbonyl (C=O) groups excluding carboxylic acids is 2. The molecule has 104 valence electrons. The third-order valence-electron chi connectivity index (χ3n) is 3.25. The summed E-state index contributed by atoms with van der Waals surface area (Å²) in [5.74, 6) is -0.184. The molecule has 19 heavy (non-hydrogen) atoms. The number of hydrogen-bond acceptors (Lipinski definition) is 4. The Morgan fingerprint density at radius 2 is 2.21 bits per heavy atom. The SMILES string of the molecule is CCCCCC=CC1(C)OC2OC(=O)NC2=CC1=O. The zero-order chi connectivity index (χ0) is 13.9. The van der Waals surface area contributed by atoms with Crippen LogP contribution in [0.4, 0.5) is 4.79 Å². The molecule has 0 aromatic heterocycles. The Bertz CT molecular complexity index is 441. The number of allylic oxidation sites excluding steroid dienone is 1. The molecule has 2 unspecified atom stereocenters.